The van der Waals surface area contributed by atoms with E-state index in [2.05, 4.69) is 0 Å². The van der Waals surface area contributed by atoms with E-state index < -0.39 is 99.2 Å². The molecule has 0 amide bonds. The first-order chi connectivity index (χ1) is 15.1. The van der Waals surface area contributed by atoms with Crippen LogP contribution in [0.15, 0.2) is 0 Å². The molecule has 188 valence electrons. The smallest absolute Gasteiger partial charge is 0.187 e. The Labute approximate surface area is 181 Å². The second-order valence-corrected chi connectivity index (χ2v) is 7.93. The number of hydrogen-bond donors (Lipinski definition) is 10. The van der Waals surface area contributed by atoms with Crippen LogP contribution in [0.3, 0.4) is 0 Å². The highest BCUT2D eigenvalue weighted by Gasteiger charge is 2.49. The molecule has 3 rings (SSSR count). The van der Waals surface area contributed by atoms with Crippen LogP contribution in [0.5, 0.6) is 0 Å². The standard InChI is InChI=1S/C17H30O15/c18-1-5-7(20)9(22)11(24)16(30-5)29-3-6-8(21)10(23)12(25)17(31-6)32-14-4(19)2-28-15(27)13(14)26/h4-27H,1-3H2/t4-,5+,6+,7-,8-,9+,10+,11+,12+,13-,14+,15-,16+,17-/m0/s1. The highest BCUT2D eigenvalue weighted by atomic mass is 16.7. The van der Waals surface area contributed by atoms with E-state index in [-0.39, 0.29) is 6.61 Å². The lowest BCUT2D eigenvalue weighted by atomic mass is 9.98. The van der Waals surface area contributed by atoms with Gasteiger partial charge in [0.15, 0.2) is 18.9 Å². The van der Waals surface area contributed by atoms with Crippen molar-refractivity contribution in [2.75, 3.05) is 19.8 Å². The maximum Gasteiger partial charge on any atom is 0.187 e. The van der Waals surface area contributed by atoms with E-state index in [9.17, 15) is 51.1 Å². The highest BCUT2D eigenvalue weighted by Crippen LogP contribution is 2.28. The van der Waals surface area contributed by atoms with Crippen molar-refractivity contribution in [3.8, 4) is 0 Å². The molecule has 0 aromatic rings. The Morgan fingerprint density at radius 3 is 1.84 bits per heavy atom. The molecule has 0 radical (unpaired) electrons. The molecule has 3 saturated heterocycles. The molecule has 14 atom stereocenters. The fraction of sp³-hybridized carbons (Fsp3) is 1.00. The normalized spacial score (nSPS) is 52.7. The fourth-order valence-electron chi connectivity index (χ4n) is 3.67. The lowest BCUT2D eigenvalue weighted by Gasteiger charge is -2.44. The first-order valence-corrected chi connectivity index (χ1v) is 9.99. The van der Waals surface area contributed by atoms with Crippen molar-refractivity contribution in [3.05, 3.63) is 0 Å². The minimum atomic E-state index is -1.81. The maximum absolute atomic E-state index is 10.2. The highest BCUT2D eigenvalue weighted by molar-refractivity contribution is 4.93. The Morgan fingerprint density at radius 2 is 1.22 bits per heavy atom. The number of rotatable bonds is 6. The molecule has 0 unspecified atom stereocenters. The van der Waals surface area contributed by atoms with Crippen LogP contribution in [0.1, 0.15) is 0 Å². The Balaban J connectivity index is 1.64. The summed E-state index contributed by atoms with van der Waals surface area (Å²) >= 11 is 0. The molecule has 15 nitrogen and oxygen atoms in total. The van der Waals surface area contributed by atoms with E-state index in [1.807, 2.05) is 0 Å². The van der Waals surface area contributed by atoms with Gasteiger partial charge in [0.25, 0.3) is 0 Å². The summed E-state index contributed by atoms with van der Waals surface area (Å²) in [6, 6.07) is 0. The van der Waals surface area contributed by atoms with Crippen molar-refractivity contribution in [2.45, 2.75) is 86.0 Å². The summed E-state index contributed by atoms with van der Waals surface area (Å²) in [5.74, 6) is 0. The van der Waals surface area contributed by atoms with Gasteiger partial charge in [-0.3, -0.25) is 0 Å². The Kier molecular flexibility index (Phi) is 8.75. The third-order valence-corrected chi connectivity index (χ3v) is 5.68. The lowest BCUT2D eigenvalue weighted by Crippen LogP contribution is -2.63. The second-order valence-electron chi connectivity index (χ2n) is 7.93. The molecule has 0 aromatic carbocycles. The van der Waals surface area contributed by atoms with Crippen molar-refractivity contribution in [3.63, 3.8) is 0 Å². The Morgan fingerprint density at radius 1 is 0.656 bits per heavy atom. The lowest BCUT2D eigenvalue weighted by molar-refractivity contribution is -0.355. The number of aliphatic hydroxyl groups is 10. The van der Waals surface area contributed by atoms with Crippen molar-refractivity contribution in [2.24, 2.45) is 0 Å². The van der Waals surface area contributed by atoms with Crippen LogP contribution >= 0.6 is 0 Å². The van der Waals surface area contributed by atoms with Gasteiger partial charge < -0.3 is 74.7 Å². The van der Waals surface area contributed by atoms with Gasteiger partial charge in [-0.15, -0.1) is 0 Å². The van der Waals surface area contributed by atoms with E-state index in [0.717, 1.165) is 0 Å². The molecule has 3 heterocycles. The maximum atomic E-state index is 10.2. The Bertz CT molecular complexity index is 594. The quantitative estimate of drug-likeness (QED) is 0.172. The van der Waals surface area contributed by atoms with Crippen LogP contribution in [0, 0.1) is 0 Å². The molecule has 0 aliphatic carbocycles. The SMILES string of the molecule is OC[C@H]1O[C@@H](OC[C@H]2O[C@@H](O[C@H]3[C@H](O)[C@@H](O)OC[C@@H]3O)[C@H](O)[C@H](O)[C@H]2O)[C@H](O)[C@H](O)[C@H]1O. The van der Waals surface area contributed by atoms with Gasteiger partial charge in [0.2, 0.25) is 0 Å². The predicted molar refractivity (Wildman–Crippen MR) is 95.2 cm³/mol. The van der Waals surface area contributed by atoms with Crippen LogP contribution in [-0.4, -0.2) is 157 Å². The molecule has 3 aliphatic rings. The van der Waals surface area contributed by atoms with Gasteiger partial charge in [-0.1, -0.05) is 0 Å². The molecule has 32 heavy (non-hydrogen) atoms. The summed E-state index contributed by atoms with van der Waals surface area (Å²) in [5.41, 5.74) is 0. The van der Waals surface area contributed by atoms with Gasteiger partial charge in [-0.05, 0) is 0 Å². The second kappa shape index (κ2) is 10.8. The average molecular weight is 474 g/mol. The van der Waals surface area contributed by atoms with Crippen molar-refractivity contribution in [1.82, 2.24) is 0 Å². The monoisotopic (exact) mass is 474 g/mol. The first kappa shape index (κ1) is 26.0. The summed E-state index contributed by atoms with van der Waals surface area (Å²) in [5, 5.41) is 98.8. The number of hydrogen-bond acceptors (Lipinski definition) is 15. The molecule has 3 fully saturated rings. The van der Waals surface area contributed by atoms with Crippen molar-refractivity contribution in [1.29, 1.82) is 0 Å². The zero-order valence-corrected chi connectivity index (χ0v) is 16.7. The van der Waals surface area contributed by atoms with Gasteiger partial charge in [0, 0.05) is 0 Å². The average Bonchev–Trinajstić information content (AvgIpc) is 2.78. The molecule has 0 aromatic heterocycles. The van der Waals surface area contributed by atoms with Crippen LogP contribution in [0.4, 0.5) is 0 Å². The van der Waals surface area contributed by atoms with E-state index in [0.29, 0.717) is 0 Å². The van der Waals surface area contributed by atoms with Crippen molar-refractivity contribution < 1.29 is 74.7 Å². The van der Waals surface area contributed by atoms with Crippen LogP contribution in [0.2, 0.25) is 0 Å². The molecule has 15 heteroatoms. The van der Waals surface area contributed by atoms with Crippen LogP contribution in [-0.2, 0) is 23.7 Å². The molecular weight excluding hydrogens is 444 g/mol. The van der Waals surface area contributed by atoms with Gasteiger partial charge >= 0.3 is 0 Å². The van der Waals surface area contributed by atoms with E-state index in [1.54, 1.807) is 0 Å². The molecular formula is C17H30O15. The van der Waals surface area contributed by atoms with Crippen LogP contribution in [0.25, 0.3) is 0 Å². The molecule has 3 aliphatic heterocycles. The van der Waals surface area contributed by atoms with Crippen LogP contribution < -0.4 is 0 Å². The van der Waals surface area contributed by atoms with Gasteiger partial charge in [0.05, 0.1) is 19.8 Å². The molecule has 10 N–H and O–H groups in total. The summed E-state index contributed by atoms with van der Waals surface area (Å²) in [6.45, 7) is -1.65. The summed E-state index contributed by atoms with van der Waals surface area (Å²) in [6.07, 6.45) is -22.4. The van der Waals surface area contributed by atoms with E-state index in [4.69, 9.17) is 23.7 Å². The predicted octanol–water partition coefficient (Wildman–Crippen LogP) is -6.93. The molecule has 0 spiro atoms. The Hall–Kier alpha value is -0.600. The summed E-state index contributed by atoms with van der Waals surface area (Å²) in [7, 11) is 0. The minimum absolute atomic E-state index is 0.388. The minimum Gasteiger partial charge on any atom is -0.394 e. The number of aliphatic hydroxyl groups excluding tert-OH is 10. The topological polar surface area (TPSA) is 248 Å². The molecule has 0 bridgehead atoms. The third kappa shape index (κ3) is 5.22. The first-order valence-electron chi connectivity index (χ1n) is 9.99. The number of ether oxygens (including phenoxy) is 5. The van der Waals surface area contributed by atoms with E-state index in [1.165, 1.54) is 0 Å². The zero-order valence-electron chi connectivity index (χ0n) is 16.7. The summed E-state index contributed by atoms with van der Waals surface area (Å²) in [4.78, 5) is 0. The summed E-state index contributed by atoms with van der Waals surface area (Å²) < 4.78 is 25.9. The molecule has 0 saturated carbocycles. The van der Waals surface area contributed by atoms with Gasteiger partial charge in [-0.25, -0.2) is 0 Å². The van der Waals surface area contributed by atoms with E-state index >= 15 is 0 Å². The van der Waals surface area contributed by atoms with Gasteiger partial charge in [0.1, 0.15) is 67.1 Å². The fourth-order valence-corrected chi connectivity index (χ4v) is 3.67. The third-order valence-electron chi connectivity index (χ3n) is 5.68. The largest absolute Gasteiger partial charge is 0.394 e. The van der Waals surface area contributed by atoms with Crippen molar-refractivity contribution >= 4 is 0 Å². The van der Waals surface area contributed by atoms with Gasteiger partial charge in [-0.2, -0.15) is 0 Å². The zero-order chi connectivity index (χ0) is 23.7.